The number of likely N-dealkylation sites (N-methyl/N-ethyl adjacent to an activating group) is 1. The number of rotatable bonds is 6. The molecule has 0 aliphatic rings. The van der Waals surface area contributed by atoms with E-state index in [-0.39, 0.29) is 6.04 Å². The van der Waals surface area contributed by atoms with Gasteiger partial charge in [-0.1, -0.05) is 0 Å². The Bertz CT molecular complexity index is 479. The van der Waals surface area contributed by atoms with Crippen LogP contribution >= 0.6 is 0 Å². The van der Waals surface area contributed by atoms with Crippen LogP contribution in [-0.4, -0.2) is 42.8 Å². The SMILES string of the molecule is CNC(Cc1ccn(C(C)C)n1)C(C)S(C)(=O)=O. The Morgan fingerprint density at radius 1 is 1.39 bits per heavy atom. The van der Waals surface area contributed by atoms with Crippen LogP contribution in [0, 0.1) is 0 Å². The Kier molecular flexibility index (Phi) is 4.92. The maximum absolute atomic E-state index is 11.6. The molecule has 0 aromatic carbocycles. The molecule has 1 aromatic heterocycles. The first kappa shape index (κ1) is 15.2. The van der Waals surface area contributed by atoms with Gasteiger partial charge >= 0.3 is 0 Å². The lowest BCUT2D eigenvalue weighted by molar-refractivity contribution is 0.495. The van der Waals surface area contributed by atoms with Crippen molar-refractivity contribution in [2.24, 2.45) is 0 Å². The van der Waals surface area contributed by atoms with Crippen molar-refractivity contribution in [3.63, 3.8) is 0 Å². The summed E-state index contributed by atoms with van der Waals surface area (Å²) in [6, 6.07) is 2.15. The summed E-state index contributed by atoms with van der Waals surface area (Å²) in [6.45, 7) is 5.85. The van der Waals surface area contributed by atoms with Crippen molar-refractivity contribution in [1.82, 2.24) is 15.1 Å². The highest BCUT2D eigenvalue weighted by Crippen LogP contribution is 2.11. The van der Waals surface area contributed by atoms with Gasteiger partial charge in [0.2, 0.25) is 0 Å². The molecule has 0 radical (unpaired) electrons. The predicted molar refractivity (Wildman–Crippen MR) is 73.5 cm³/mol. The zero-order valence-electron chi connectivity index (χ0n) is 11.7. The minimum absolute atomic E-state index is 0.115. The van der Waals surface area contributed by atoms with E-state index in [9.17, 15) is 8.42 Å². The lowest BCUT2D eigenvalue weighted by Gasteiger charge is -2.21. The maximum atomic E-state index is 11.6. The highest BCUT2D eigenvalue weighted by Gasteiger charge is 2.25. The molecule has 1 heterocycles. The Labute approximate surface area is 109 Å². The van der Waals surface area contributed by atoms with Crippen LogP contribution in [0.4, 0.5) is 0 Å². The maximum Gasteiger partial charge on any atom is 0.151 e. The Morgan fingerprint density at radius 2 is 2.00 bits per heavy atom. The molecule has 6 heteroatoms. The minimum atomic E-state index is -3.04. The zero-order valence-corrected chi connectivity index (χ0v) is 12.5. The lowest BCUT2D eigenvalue weighted by Crippen LogP contribution is -2.42. The van der Waals surface area contributed by atoms with E-state index in [1.807, 2.05) is 16.9 Å². The molecule has 0 amide bonds. The van der Waals surface area contributed by atoms with Crippen molar-refractivity contribution in [1.29, 1.82) is 0 Å². The van der Waals surface area contributed by atoms with Crippen molar-refractivity contribution in [3.8, 4) is 0 Å². The van der Waals surface area contributed by atoms with E-state index >= 15 is 0 Å². The van der Waals surface area contributed by atoms with Gasteiger partial charge in [-0.05, 0) is 33.9 Å². The van der Waals surface area contributed by atoms with Crippen molar-refractivity contribution in [3.05, 3.63) is 18.0 Å². The molecule has 0 bridgehead atoms. The van der Waals surface area contributed by atoms with Crippen molar-refractivity contribution in [2.75, 3.05) is 13.3 Å². The molecule has 1 rings (SSSR count). The van der Waals surface area contributed by atoms with Gasteiger partial charge in [0, 0.05) is 31.0 Å². The third kappa shape index (κ3) is 3.81. The van der Waals surface area contributed by atoms with E-state index in [1.54, 1.807) is 14.0 Å². The van der Waals surface area contributed by atoms with E-state index < -0.39 is 15.1 Å². The van der Waals surface area contributed by atoms with Gasteiger partial charge in [0.1, 0.15) is 0 Å². The standard InChI is InChI=1S/C12H23N3O2S/c1-9(2)15-7-6-11(14-15)8-12(13-4)10(3)18(5,16)17/h6-7,9-10,12-13H,8H2,1-5H3. The Balaban J connectivity index is 2.80. The van der Waals surface area contributed by atoms with Gasteiger partial charge in [0.15, 0.2) is 9.84 Å². The van der Waals surface area contributed by atoms with Crippen molar-refractivity contribution >= 4 is 9.84 Å². The fourth-order valence-electron chi connectivity index (χ4n) is 1.80. The monoisotopic (exact) mass is 273 g/mol. The van der Waals surface area contributed by atoms with Gasteiger partial charge in [0.05, 0.1) is 10.9 Å². The summed E-state index contributed by atoms with van der Waals surface area (Å²) >= 11 is 0. The summed E-state index contributed by atoms with van der Waals surface area (Å²) in [5.74, 6) is 0. The molecule has 104 valence electrons. The Hall–Kier alpha value is -0.880. The summed E-state index contributed by atoms with van der Waals surface area (Å²) in [5.41, 5.74) is 0.915. The number of sulfone groups is 1. The zero-order chi connectivity index (χ0) is 13.9. The quantitative estimate of drug-likeness (QED) is 0.841. The van der Waals surface area contributed by atoms with E-state index in [1.165, 1.54) is 6.26 Å². The normalized spacial score (nSPS) is 15.9. The highest BCUT2D eigenvalue weighted by molar-refractivity contribution is 7.91. The van der Waals surface area contributed by atoms with Crippen molar-refractivity contribution in [2.45, 2.75) is 44.5 Å². The van der Waals surface area contributed by atoms with E-state index in [2.05, 4.69) is 24.3 Å². The summed E-state index contributed by atoms with van der Waals surface area (Å²) in [6.07, 6.45) is 3.82. The summed E-state index contributed by atoms with van der Waals surface area (Å²) in [7, 11) is -1.26. The molecular formula is C12H23N3O2S. The largest absolute Gasteiger partial charge is 0.315 e. The average molecular weight is 273 g/mol. The first-order valence-corrected chi connectivity index (χ1v) is 8.11. The first-order chi connectivity index (χ1) is 8.25. The number of hydrogen-bond acceptors (Lipinski definition) is 4. The molecule has 0 aliphatic heterocycles. The van der Waals surface area contributed by atoms with Crippen LogP contribution in [0.25, 0.3) is 0 Å². The molecule has 0 saturated carbocycles. The molecule has 2 unspecified atom stereocenters. The van der Waals surface area contributed by atoms with Crippen molar-refractivity contribution < 1.29 is 8.42 Å². The van der Waals surface area contributed by atoms with Crippen LogP contribution in [0.2, 0.25) is 0 Å². The van der Waals surface area contributed by atoms with Gasteiger partial charge in [0.25, 0.3) is 0 Å². The number of aromatic nitrogens is 2. The molecule has 1 aromatic rings. The van der Waals surface area contributed by atoms with Gasteiger partial charge < -0.3 is 5.32 Å². The Morgan fingerprint density at radius 3 is 2.39 bits per heavy atom. The van der Waals surface area contributed by atoms with E-state index in [0.717, 1.165) is 5.69 Å². The summed E-state index contributed by atoms with van der Waals surface area (Å²) in [5, 5.41) is 7.09. The smallest absolute Gasteiger partial charge is 0.151 e. The number of nitrogens with one attached hydrogen (secondary N) is 1. The third-order valence-corrected chi connectivity index (χ3v) is 4.91. The fraction of sp³-hybridized carbons (Fsp3) is 0.750. The van der Waals surface area contributed by atoms with Crippen LogP contribution in [0.1, 0.15) is 32.5 Å². The van der Waals surface area contributed by atoms with Gasteiger partial charge in [-0.2, -0.15) is 5.10 Å². The van der Waals surface area contributed by atoms with Gasteiger partial charge in [-0.15, -0.1) is 0 Å². The van der Waals surface area contributed by atoms with Crippen LogP contribution in [0.3, 0.4) is 0 Å². The van der Waals surface area contributed by atoms with E-state index in [4.69, 9.17) is 0 Å². The summed E-state index contributed by atoms with van der Waals surface area (Å²) < 4.78 is 25.0. The number of nitrogens with zero attached hydrogens (tertiary/aromatic N) is 2. The molecule has 0 spiro atoms. The minimum Gasteiger partial charge on any atom is -0.315 e. The van der Waals surface area contributed by atoms with Crippen LogP contribution < -0.4 is 5.32 Å². The lowest BCUT2D eigenvalue weighted by atomic mass is 10.1. The third-order valence-electron chi connectivity index (χ3n) is 3.23. The average Bonchev–Trinajstić information content (AvgIpc) is 2.72. The van der Waals surface area contributed by atoms with Crippen LogP contribution in [0.15, 0.2) is 12.3 Å². The molecule has 18 heavy (non-hydrogen) atoms. The highest BCUT2D eigenvalue weighted by atomic mass is 32.2. The second-order valence-electron chi connectivity index (χ2n) is 5.01. The molecule has 0 fully saturated rings. The van der Waals surface area contributed by atoms with Gasteiger partial charge in [-0.25, -0.2) is 8.42 Å². The summed E-state index contributed by atoms with van der Waals surface area (Å²) in [4.78, 5) is 0. The molecule has 0 saturated heterocycles. The van der Waals surface area contributed by atoms with Crippen LogP contribution in [-0.2, 0) is 16.3 Å². The van der Waals surface area contributed by atoms with Gasteiger partial charge in [-0.3, -0.25) is 4.68 Å². The fourth-order valence-corrected chi connectivity index (χ4v) is 2.63. The molecule has 1 N–H and O–H groups in total. The topological polar surface area (TPSA) is 64.0 Å². The predicted octanol–water partition coefficient (Wildman–Crippen LogP) is 1.03. The molecule has 2 atom stereocenters. The first-order valence-electron chi connectivity index (χ1n) is 6.16. The van der Waals surface area contributed by atoms with E-state index in [0.29, 0.717) is 12.5 Å². The molecule has 0 aliphatic carbocycles. The van der Waals surface area contributed by atoms with Crippen LogP contribution in [0.5, 0.6) is 0 Å². The molecule has 5 nitrogen and oxygen atoms in total. The second kappa shape index (κ2) is 5.84. The molecular weight excluding hydrogens is 250 g/mol. The number of hydrogen-bond donors (Lipinski definition) is 1. The second-order valence-corrected chi connectivity index (χ2v) is 7.42.